The average Bonchev–Trinajstić information content (AvgIpc) is 2.69. The zero-order valence-corrected chi connectivity index (χ0v) is 18.8. The van der Waals surface area contributed by atoms with Gasteiger partial charge in [-0.1, -0.05) is 46.9 Å². The Bertz CT molecular complexity index is 944. The van der Waals surface area contributed by atoms with Gasteiger partial charge in [0.05, 0.1) is 10.6 Å². The molecule has 0 aliphatic carbocycles. The van der Waals surface area contributed by atoms with E-state index in [2.05, 4.69) is 9.62 Å². The summed E-state index contributed by atoms with van der Waals surface area (Å²) in [5, 5.41) is 12.0. The monoisotopic (exact) mass is 476 g/mol. The fourth-order valence-corrected chi connectivity index (χ4v) is 5.43. The van der Waals surface area contributed by atoms with Crippen molar-refractivity contribution in [1.82, 2.24) is 9.62 Å². The summed E-state index contributed by atoms with van der Waals surface area (Å²) in [6.07, 6.45) is 1.90. The Kier molecular flexibility index (Phi) is 7.49. The lowest BCUT2D eigenvalue weighted by Crippen LogP contribution is -2.43. The van der Waals surface area contributed by atoms with Gasteiger partial charge in [-0.25, -0.2) is 13.1 Å². The second kappa shape index (κ2) is 9.52. The van der Waals surface area contributed by atoms with Crippen LogP contribution in [0.1, 0.15) is 24.8 Å². The lowest BCUT2D eigenvalue weighted by molar-refractivity contribution is -0.0259. The van der Waals surface area contributed by atoms with Gasteiger partial charge in [0, 0.05) is 29.7 Å². The minimum atomic E-state index is -3.71. The maximum Gasteiger partial charge on any atom is 0.242 e. The number of likely N-dealkylation sites (tertiary alicyclic amines) is 1. The van der Waals surface area contributed by atoms with Gasteiger partial charge in [-0.15, -0.1) is 0 Å². The van der Waals surface area contributed by atoms with Crippen LogP contribution in [-0.4, -0.2) is 44.6 Å². The zero-order chi connectivity index (χ0) is 21.1. The van der Waals surface area contributed by atoms with E-state index in [1.165, 1.54) is 12.1 Å². The molecule has 3 rings (SSSR count). The first-order valence-electron chi connectivity index (χ1n) is 9.35. The van der Waals surface area contributed by atoms with Crippen molar-refractivity contribution in [1.29, 1.82) is 0 Å². The average molecular weight is 478 g/mol. The highest BCUT2D eigenvalue weighted by molar-refractivity contribution is 7.89. The van der Waals surface area contributed by atoms with Crippen molar-refractivity contribution in [2.75, 3.05) is 26.2 Å². The number of nitrogens with zero attached hydrogens (tertiary/aromatic N) is 1. The van der Waals surface area contributed by atoms with Crippen LogP contribution in [0.3, 0.4) is 0 Å². The molecule has 9 heteroatoms. The number of sulfonamides is 1. The molecule has 0 bridgehead atoms. The largest absolute Gasteiger partial charge is 0.385 e. The Balaban J connectivity index is 1.46. The summed E-state index contributed by atoms with van der Waals surface area (Å²) in [7, 11) is -3.71. The molecule has 1 aliphatic rings. The van der Waals surface area contributed by atoms with Gasteiger partial charge in [-0.3, -0.25) is 0 Å². The SMILES string of the molecule is O=S(=O)(NCCCN1CCC(O)(c2ccc(Cl)cc2)CC1)c1cc(Cl)ccc1Cl. The van der Waals surface area contributed by atoms with Crippen molar-refractivity contribution in [2.45, 2.75) is 29.8 Å². The minimum Gasteiger partial charge on any atom is -0.385 e. The number of benzene rings is 2. The third kappa shape index (κ3) is 5.85. The molecule has 2 N–H and O–H groups in total. The molecule has 5 nitrogen and oxygen atoms in total. The topological polar surface area (TPSA) is 69.6 Å². The van der Waals surface area contributed by atoms with Crippen molar-refractivity contribution in [3.8, 4) is 0 Å². The molecule has 1 fully saturated rings. The second-order valence-corrected chi connectivity index (χ2v) is 10.2. The standard InChI is InChI=1S/C20H23Cl3N2O3S/c21-16-4-2-15(3-5-16)20(26)8-12-25(13-9-20)11-1-10-24-29(27,28)19-14-17(22)6-7-18(19)23/h2-7,14,24,26H,1,8-13H2. The Morgan fingerprint density at radius 3 is 2.28 bits per heavy atom. The predicted molar refractivity (Wildman–Crippen MR) is 117 cm³/mol. The number of hydrogen-bond donors (Lipinski definition) is 2. The molecule has 158 valence electrons. The van der Waals surface area contributed by atoms with E-state index >= 15 is 0 Å². The molecule has 29 heavy (non-hydrogen) atoms. The van der Waals surface area contributed by atoms with Crippen LogP contribution < -0.4 is 4.72 Å². The number of rotatable bonds is 7. The van der Waals surface area contributed by atoms with Crippen LogP contribution in [0.25, 0.3) is 0 Å². The molecule has 0 radical (unpaired) electrons. The lowest BCUT2D eigenvalue weighted by atomic mass is 9.84. The zero-order valence-electron chi connectivity index (χ0n) is 15.7. The molecule has 2 aromatic carbocycles. The Hall–Kier alpha value is -0.860. The van der Waals surface area contributed by atoms with Gasteiger partial charge in [0.2, 0.25) is 10.0 Å². The molecule has 0 atom stereocenters. The third-order valence-electron chi connectivity index (χ3n) is 5.19. The van der Waals surface area contributed by atoms with E-state index < -0.39 is 15.6 Å². The molecular formula is C20H23Cl3N2O3S. The number of halogens is 3. The number of nitrogens with one attached hydrogen (secondary N) is 1. The number of aliphatic hydroxyl groups is 1. The van der Waals surface area contributed by atoms with Crippen LogP contribution in [0.15, 0.2) is 47.4 Å². The van der Waals surface area contributed by atoms with Gasteiger partial charge in [-0.2, -0.15) is 0 Å². The molecule has 1 heterocycles. The quantitative estimate of drug-likeness (QED) is 0.583. The molecule has 2 aromatic rings. The Morgan fingerprint density at radius 2 is 1.62 bits per heavy atom. The van der Waals surface area contributed by atoms with E-state index in [0.717, 1.165) is 25.2 Å². The van der Waals surface area contributed by atoms with Crippen molar-refractivity contribution in [2.24, 2.45) is 0 Å². The maximum atomic E-state index is 12.4. The van der Waals surface area contributed by atoms with Crippen LogP contribution in [0.4, 0.5) is 0 Å². The van der Waals surface area contributed by atoms with Crippen LogP contribution in [0.5, 0.6) is 0 Å². The van der Waals surface area contributed by atoms with Crippen molar-refractivity contribution in [3.05, 3.63) is 63.1 Å². The molecule has 1 saturated heterocycles. The summed E-state index contributed by atoms with van der Waals surface area (Å²) in [5.41, 5.74) is 0.0409. The summed E-state index contributed by atoms with van der Waals surface area (Å²) in [6.45, 7) is 2.52. The summed E-state index contributed by atoms with van der Waals surface area (Å²) in [4.78, 5) is 2.21. The highest BCUT2D eigenvalue weighted by atomic mass is 35.5. The van der Waals surface area contributed by atoms with Gasteiger partial charge >= 0.3 is 0 Å². The van der Waals surface area contributed by atoms with E-state index in [1.54, 1.807) is 18.2 Å². The highest BCUT2D eigenvalue weighted by Crippen LogP contribution is 2.33. The van der Waals surface area contributed by atoms with Gasteiger partial charge in [0.15, 0.2) is 0 Å². The summed E-state index contributed by atoms with van der Waals surface area (Å²) < 4.78 is 27.4. The molecule has 0 aromatic heterocycles. The first-order chi connectivity index (χ1) is 13.7. The molecule has 0 unspecified atom stereocenters. The molecular weight excluding hydrogens is 455 g/mol. The Morgan fingerprint density at radius 1 is 1.00 bits per heavy atom. The van der Waals surface area contributed by atoms with E-state index in [1.807, 2.05) is 12.1 Å². The fraction of sp³-hybridized carbons (Fsp3) is 0.400. The number of hydrogen-bond acceptors (Lipinski definition) is 4. The van der Waals surface area contributed by atoms with Crippen LogP contribution in [0, 0.1) is 0 Å². The predicted octanol–water partition coefficient (Wildman–Crippen LogP) is 4.30. The minimum absolute atomic E-state index is 0.0160. The van der Waals surface area contributed by atoms with E-state index in [0.29, 0.717) is 35.9 Å². The smallest absolute Gasteiger partial charge is 0.242 e. The summed E-state index contributed by atoms with van der Waals surface area (Å²) in [5.74, 6) is 0. The fourth-order valence-electron chi connectivity index (χ4n) is 3.47. The molecule has 0 amide bonds. The van der Waals surface area contributed by atoms with Gasteiger partial charge in [0.1, 0.15) is 4.90 Å². The highest BCUT2D eigenvalue weighted by Gasteiger charge is 2.33. The first kappa shape index (κ1) is 22.8. The van der Waals surface area contributed by atoms with Gasteiger partial charge in [-0.05, 0) is 61.7 Å². The van der Waals surface area contributed by atoms with Gasteiger partial charge < -0.3 is 10.0 Å². The third-order valence-corrected chi connectivity index (χ3v) is 7.62. The second-order valence-electron chi connectivity index (χ2n) is 7.21. The molecule has 1 aliphatic heterocycles. The van der Waals surface area contributed by atoms with Crippen LogP contribution in [-0.2, 0) is 15.6 Å². The van der Waals surface area contributed by atoms with Crippen LogP contribution >= 0.6 is 34.8 Å². The summed E-state index contributed by atoms with van der Waals surface area (Å²) in [6, 6.07) is 11.7. The van der Waals surface area contributed by atoms with E-state index in [-0.39, 0.29) is 9.92 Å². The van der Waals surface area contributed by atoms with Crippen molar-refractivity contribution in [3.63, 3.8) is 0 Å². The van der Waals surface area contributed by atoms with E-state index in [9.17, 15) is 13.5 Å². The van der Waals surface area contributed by atoms with Crippen molar-refractivity contribution < 1.29 is 13.5 Å². The molecule has 0 spiro atoms. The first-order valence-corrected chi connectivity index (χ1v) is 12.0. The number of piperidine rings is 1. The van der Waals surface area contributed by atoms with E-state index in [4.69, 9.17) is 34.8 Å². The maximum absolute atomic E-state index is 12.4. The van der Waals surface area contributed by atoms with Crippen LogP contribution in [0.2, 0.25) is 15.1 Å². The normalized spacial score (nSPS) is 17.4. The van der Waals surface area contributed by atoms with Crippen molar-refractivity contribution >= 4 is 44.8 Å². The lowest BCUT2D eigenvalue weighted by Gasteiger charge is -2.38. The summed E-state index contributed by atoms with van der Waals surface area (Å²) >= 11 is 17.8. The Labute approximate surface area is 186 Å². The molecule has 0 saturated carbocycles. The van der Waals surface area contributed by atoms with Gasteiger partial charge in [0.25, 0.3) is 0 Å².